The van der Waals surface area contributed by atoms with E-state index >= 15 is 0 Å². The fourth-order valence-corrected chi connectivity index (χ4v) is 4.35. The van der Waals surface area contributed by atoms with Gasteiger partial charge in [-0.25, -0.2) is 0 Å². The molecule has 2 aliphatic rings. The van der Waals surface area contributed by atoms with E-state index in [1.807, 2.05) is 20.8 Å². The summed E-state index contributed by atoms with van der Waals surface area (Å²) in [7, 11) is -0.755. The van der Waals surface area contributed by atoms with E-state index < -0.39 is 16.8 Å². The molecule has 2 fully saturated rings. The molecule has 0 aromatic rings. The Morgan fingerprint density at radius 1 is 1.30 bits per heavy atom. The topological polar surface area (TPSA) is 66.5 Å². The van der Waals surface area contributed by atoms with Crippen LogP contribution in [0.25, 0.3) is 0 Å². The van der Waals surface area contributed by atoms with Gasteiger partial charge in [-0.05, 0) is 25.2 Å². The summed E-state index contributed by atoms with van der Waals surface area (Å²) in [5, 5.41) is 2.85. The van der Waals surface area contributed by atoms with Crippen molar-refractivity contribution in [1.82, 2.24) is 10.2 Å². The molecule has 0 radical (unpaired) electrons. The summed E-state index contributed by atoms with van der Waals surface area (Å²) in [6.07, 6.45) is 2.11. The molecule has 114 valence electrons. The van der Waals surface area contributed by atoms with Gasteiger partial charge < -0.3 is 10.2 Å². The van der Waals surface area contributed by atoms with Gasteiger partial charge in [-0.3, -0.25) is 13.8 Å². The Hall–Kier alpha value is -0.910. The van der Waals surface area contributed by atoms with Gasteiger partial charge in [-0.2, -0.15) is 0 Å². The van der Waals surface area contributed by atoms with Crippen LogP contribution in [-0.4, -0.2) is 50.6 Å². The van der Waals surface area contributed by atoms with Crippen LogP contribution in [0.2, 0.25) is 0 Å². The van der Waals surface area contributed by atoms with E-state index in [-0.39, 0.29) is 29.8 Å². The van der Waals surface area contributed by atoms with Crippen LogP contribution in [0.1, 0.15) is 40.0 Å². The molecule has 0 spiro atoms. The van der Waals surface area contributed by atoms with Crippen LogP contribution in [0.3, 0.4) is 0 Å². The minimum absolute atomic E-state index is 0.0316. The smallest absolute Gasteiger partial charge is 0.246 e. The first-order chi connectivity index (χ1) is 9.45. The van der Waals surface area contributed by atoms with Gasteiger partial charge in [-0.1, -0.05) is 20.8 Å². The van der Waals surface area contributed by atoms with Crippen LogP contribution < -0.4 is 5.32 Å². The third-order valence-electron chi connectivity index (χ3n) is 4.26. The van der Waals surface area contributed by atoms with Gasteiger partial charge in [0.05, 0.1) is 0 Å². The van der Waals surface area contributed by atoms with E-state index in [1.165, 1.54) is 0 Å². The van der Waals surface area contributed by atoms with Gasteiger partial charge in [0.1, 0.15) is 12.1 Å². The Balaban J connectivity index is 2.22. The molecule has 2 heterocycles. The summed E-state index contributed by atoms with van der Waals surface area (Å²) in [4.78, 5) is 26.7. The third kappa shape index (κ3) is 2.90. The molecule has 2 aliphatic heterocycles. The maximum Gasteiger partial charge on any atom is 0.246 e. The first-order valence-corrected chi connectivity index (χ1v) is 8.92. The minimum atomic E-state index is -0.755. The van der Waals surface area contributed by atoms with Gasteiger partial charge in [0, 0.05) is 28.3 Å². The molecule has 6 heteroatoms. The van der Waals surface area contributed by atoms with Crippen LogP contribution in [0.4, 0.5) is 0 Å². The molecule has 2 rings (SSSR count). The van der Waals surface area contributed by atoms with E-state index in [9.17, 15) is 13.8 Å². The highest BCUT2D eigenvalue weighted by atomic mass is 32.2. The lowest BCUT2D eigenvalue weighted by atomic mass is 9.94. The van der Waals surface area contributed by atoms with Gasteiger partial charge in [0.15, 0.2) is 0 Å². The maximum absolute atomic E-state index is 12.7. The average molecular weight is 300 g/mol. The van der Waals surface area contributed by atoms with Gasteiger partial charge >= 0.3 is 0 Å². The largest absolute Gasteiger partial charge is 0.342 e. The standard InChI is InChI=1S/C14H24N2O3S/c1-4-11-13(17)15-12(9(2)3)14(18)16(11)10-5-7-20(19)8-6-10/h9-12H,4-8H2,1-3H3,(H,15,17). The quantitative estimate of drug-likeness (QED) is 0.832. The molecule has 5 nitrogen and oxygen atoms in total. The Bertz CT molecular complexity index is 415. The number of hydrogen-bond acceptors (Lipinski definition) is 3. The zero-order valence-corrected chi connectivity index (χ0v) is 13.2. The number of amides is 2. The van der Waals surface area contributed by atoms with Crippen molar-refractivity contribution in [1.29, 1.82) is 0 Å². The Morgan fingerprint density at radius 3 is 2.40 bits per heavy atom. The van der Waals surface area contributed by atoms with Crippen LogP contribution in [-0.2, 0) is 20.4 Å². The van der Waals surface area contributed by atoms with Crippen LogP contribution in [0.5, 0.6) is 0 Å². The molecular formula is C14H24N2O3S. The van der Waals surface area contributed by atoms with E-state index in [4.69, 9.17) is 0 Å². The molecule has 2 saturated heterocycles. The summed E-state index contributed by atoms with van der Waals surface area (Å²) in [6, 6.07) is -0.718. The average Bonchev–Trinajstić information content (AvgIpc) is 2.41. The molecule has 2 amide bonds. The summed E-state index contributed by atoms with van der Waals surface area (Å²) in [6.45, 7) is 5.83. The lowest BCUT2D eigenvalue weighted by Crippen LogP contribution is -2.67. The summed E-state index contributed by atoms with van der Waals surface area (Å²) < 4.78 is 11.5. The molecule has 2 atom stereocenters. The summed E-state index contributed by atoms with van der Waals surface area (Å²) in [5.41, 5.74) is 0. The molecule has 1 N–H and O–H groups in total. The van der Waals surface area contributed by atoms with Crippen molar-refractivity contribution in [2.45, 2.75) is 58.2 Å². The van der Waals surface area contributed by atoms with E-state index in [0.717, 1.165) is 12.8 Å². The van der Waals surface area contributed by atoms with Crippen molar-refractivity contribution in [3.05, 3.63) is 0 Å². The van der Waals surface area contributed by atoms with Crippen LogP contribution in [0.15, 0.2) is 0 Å². The fraction of sp³-hybridized carbons (Fsp3) is 0.857. The molecular weight excluding hydrogens is 276 g/mol. The van der Waals surface area contributed by atoms with Crippen LogP contribution in [0, 0.1) is 5.92 Å². The van der Waals surface area contributed by atoms with Crippen molar-refractivity contribution in [3.8, 4) is 0 Å². The monoisotopic (exact) mass is 300 g/mol. The molecule has 2 unspecified atom stereocenters. The highest BCUT2D eigenvalue weighted by molar-refractivity contribution is 7.85. The zero-order valence-electron chi connectivity index (χ0n) is 12.4. The molecule has 0 saturated carbocycles. The predicted molar refractivity (Wildman–Crippen MR) is 78.6 cm³/mol. The highest BCUT2D eigenvalue weighted by Gasteiger charge is 2.44. The lowest BCUT2D eigenvalue weighted by molar-refractivity contribution is -0.153. The molecule has 0 bridgehead atoms. The Morgan fingerprint density at radius 2 is 1.90 bits per heavy atom. The van der Waals surface area contributed by atoms with E-state index in [0.29, 0.717) is 17.9 Å². The Kier molecular flexibility index (Phi) is 4.83. The number of carbonyl (C=O) groups is 2. The Labute approximate surface area is 122 Å². The van der Waals surface area contributed by atoms with Crippen molar-refractivity contribution < 1.29 is 13.8 Å². The van der Waals surface area contributed by atoms with Crippen molar-refractivity contribution in [2.75, 3.05) is 11.5 Å². The predicted octanol–water partition coefficient (Wildman–Crippen LogP) is 0.659. The second-order valence-corrected chi connectivity index (χ2v) is 7.68. The van der Waals surface area contributed by atoms with Gasteiger partial charge in [0.25, 0.3) is 0 Å². The lowest BCUT2D eigenvalue weighted by Gasteiger charge is -2.45. The minimum Gasteiger partial charge on any atom is -0.342 e. The molecule has 0 aromatic heterocycles. The van der Waals surface area contributed by atoms with Gasteiger partial charge in [0.2, 0.25) is 11.8 Å². The second-order valence-electron chi connectivity index (χ2n) is 5.98. The number of rotatable bonds is 3. The van der Waals surface area contributed by atoms with Crippen molar-refractivity contribution in [3.63, 3.8) is 0 Å². The number of nitrogens with one attached hydrogen (secondary N) is 1. The zero-order chi connectivity index (χ0) is 14.9. The number of piperazine rings is 1. The first kappa shape index (κ1) is 15.5. The number of hydrogen-bond donors (Lipinski definition) is 1. The van der Waals surface area contributed by atoms with Crippen molar-refractivity contribution >= 4 is 22.6 Å². The second kappa shape index (κ2) is 6.24. The van der Waals surface area contributed by atoms with E-state index in [1.54, 1.807) is 4.90 Å². The van der Waals surface area contributed by atoms with Crippen molar-refractivity contribution in [2.24, 2.45) is 5.92 Å². The van der Waals surface area contributed by atoms with Gasteiger partial charge in [-0.15, -0.1) is 0 Å². The highest BCUT2D eigenvalue weighted by Crippen LogP contribution is 2.25. The number of carbonyl (C=O) groups excluding carboxylic acids is 2. The third-order valence-corrected chi connectivity index (χ3v) is 5.64. The van der Waals surface area contributed by atoms with E-state index in [2.05, 4.69) is 5.32 Å². The fourth-order valence-electron chi connectivity index (χ4n) is 3.08. The SMILES string of the molecule is CCC1C(=O)NC(C(C)C)C(=O)N1C1CCS(=O)CC1. The first-order valence-electron chi connectivity index (χ1n) is 7.43. The summed E-state index contributed by atoms with van der Waals surface area (Å²) in [5.74, 6) is 1.35. The maximum atomic E-state index is 12.7. The molecule has 0 aromatic carbocycles. The van der Waals surface area contributed by atoms with Crippen LogP contribution >= 0.6 is 0 Å². The molecule has 0 aliphatic carbocycles. The molecule has 20 heavy (non-hydrogen) atoms. The number of nitrogens with zero attached hydrogens (tertiary/aromatic N) is 1. The summed E-state index contributed by atoms with van der Waals surface area (Å²) >= 11 is 0. The normalized spacial score (nSPS) is 35.3.